The normalized spacial score (nSPS) is 16.1. The van der Waals surface area contributed by atoms with Crippen LogP contribution in [0.25, 0.3) is 11.0 Å². The Morgan fingerprint density at radius 2 is 1.72 bits per heavy atom. The van der Waals surface area contributed by atoms with Crippen molar-refractivity contribution in [3.05, 3.63) is 60.2 Å². The molecular formula is C20H21N3OS. The number of nitrogens with one attached hydrogen (secondary N) is 1. The van der Waals surface area contributed by atoms with E-state index in [9.17, 15) is 4.79 Å². The van der Waals surface area contributed by atoms with Crippen LogP contribution in [0.4, 0.5) is 0 Å². The second kappa shape index (κ2) is 7.31. The number of hydrogen-bond acceptors (Lipinski definition) is 3. The second-order valence-corrected chi connectivity index (χ2v) is 7.45. The van der Waals surface area contributed by atoms with Gasteiger partial charge >= 0.3 is 0 Å². The highest BCUT2D eigenvalue weighted by Crippen LogP contribution is 2.36. The first-order chi connectivity index (χ1) is 12.3. The monoisotopic (exact) mass is 351 g/mol. The summed E-state index contributed by atoms with van der Waals surface area (Å²) >= 11 is 1.51. The fourth-order valence-electron chi connectivity index (χ4n) is 3.27. The number of carbonyl (C=O) groups is 1. The summed E-state index contributed by atoms with van der Waals surface area (Å²) in [7, 11) is 0. The minimum Gasteiger partial charge on any atom is -0.341 e. The summed E-state index contributed by atoms with van der Waals surface area (Å²) in [5.74, 6) is 0.191. The highest BCUT2D eigenvalue weighted by Gasteiger charge is 2.28. The molecular weight excluding hydrogens is 330 g/mol. The third-order valence-electron chi connectivity index (χ3n) is 4.59. The number of amides is 1. The summed E-state index contributed by atoms with van der Waals surface area (Å²) in [4.78, 5) is 23.2. The van der Waals surface area contributed by atoms with E-state index in [2.05, 4.69) is 9.97 Å². The van der Waals surface area contributed by atoms with Crippen LogP contribution in [0.2, 0.25) is 0 Å². The Balaban J connectivity index is 1.63. The molecule has 0 bridgehead atoms. The van der Waals surface area contributed by atoms with Gasteiger partial charge in [0.05, 0.1) is 11.0 Å². The number of nitrogens with zero attached hydrogens (tertiary/aromatic N) is 2. The third kappa shape index (κ3) is 3.56. The van der Waals surface area contributed by atoms with Gasteiger partial charge in [0.25, 0.3) is 0 Å². The molecule has 2 heterocycles. The van der Waals surface area contributed by atoms with E-state index in [4.69, 9.17) is 0 Å². The maximum Gasteiger partial charge on any atom is 0.240 e. The number of imidazole rings is 1. The van der Waals surface area contributed by atoms with E-state index in [1.54, 1.807) is 0 Å². The summed E-state index contributed by atoms with van der Waals surface area (Å²) in [5.41, 5.74) is 2.97. The lowest BCUT2D eigenvalue weighted by Crippen LogP contribution is -2.38. The third-order valence-corrected chi connectivity index (χ3v) is 5.72. The molecule has 1 saturated heterocycles. The quantitative estimate of drug-likeness (QED) is 0.708. The van der Waals surface area contributed by atoms with Gasteiger partial charge in [-0.1, -0.05) is 54.2 Å². The van der Waals surface area contributed by atoms with Crippen LogP contribution < -0.4 is 0 Å². The zero-order valence-corrected chi connectivity index (χ0v) is 14.8. The Kier molecular flexibility index (Phi) is 4.74. The molecule has 3 aromatic rings. The van der Waals surface area contributed by atoms with E-state index in [0.717, 1.165) is 47.7 Å². The first-order valence-electron chi connectivity index (χ1n) is 8.76. The molecule has 1 aliphatic rings. The van der Waals surface area contributed by atoms with Crippen molar-refractivity contribution in [2.24, 2.45) is 0 Å². The summed E-state index contributed by atoms with van der Waals surface area (Å²) in [5, 5.41) is 0.528. The maximum atomic E-state index is 13.2. The Morgan fingerprint density at radius 1 is 1.00 bits per heavy atom. The molecule has 0 spiro atoms. The van der Waals surface area contributed by atoms with E-state index < -0.39 is 0 Å². The van der Waals surface area contributed by atoms with Crippen LogP contribution in [0.1, 0.15) is 30.1 Å². The van der Waals surface area contributed by atoms with E-state index in [1.165, 1.54) is 18.2 Å². The zero-order valence-electron chi connectivity index (χ0n) is 14.0. The van der Waals surface area contributed by atoms with Crippen molar-refractivity contribution in [3.8, 4) is 0 Å². The summed E-state index contributed by atoms with van der Waals surface area (Å²) in [6.45, 7) is 1.73. The van der Waals surface area contributed by atoms with Gasteiger partial charge in [-0.15, -0.1) is 0 Å². The first-order valence-corrected chi connectivity index (χ1v) is 9.64. The van der Waals surface area contributed by atoms with Gasteiger partial charge in [0, 0.05) is 13.1 Å². The van der Waals surface area contributed by atoms with Crippen LogP contribution in [-0.4, -0.2) is 33.9 Å². The largest absolute Gasteiger partial charge is 0.341 e. The predicted octanol–water partition coefficient (Wildman–Crippen LogP) is 4.41. The number of piperidine rings is 1. The van der Waals surface area contributed by atoms with Gasteiger partial charge in [0.1, 0.15) is 5.25 Å². The van der Waals surface area contributed by atoms with Crippen LogP contribution in [0, 0.1) is 0 Å². The van der Waals surface area contributed by atoms with Crippen molar-refractivity contribution in [3.63, 3.8) is 0 Å². The molecule has 0 radical (unpaired) electrons. The number of H-pyrrole nitrogens is 1. The second-order valence-electron chi connectivity index (χ2n) is 6.35. The molecule has 128 valence electrons. The number of benzene rings is 2. The highest BCUT2D eigenvalue weighted by molar-refractivity contribution is 8.00. The van der Waals surface area contributed by atoms with Crippen LogP contribution in [-0.2, 0) is 4.79 Å². The number of likely N-dealkylation sites (tertiary alicyclic amines) is 1. The Hall–Kier alpha value is -2.27. The van der Waals surface area contributed by atoms with E-state index in [1.807, 2.05) is 59.5 Å². The molecule has 1 N–H and O–H groups in total. The van der Waals surface area contributed by atoms with Gasteiger partial charge in [-0.2, -0.15) is 0 Å². The molecule has 5 heteroatoms. The maximum absolute atomic E-state index is 13.2. The number of fused-ring (bicyclic) bond motifs is 1. The molecule has 0 saturated carbocycles. The SMILES string of the molecule is O=C(C(Sc1nc2ccccc2[nH]1)c1ccccc1)N1CCCCC1. The topological polar surface area (TPSA) is 49.0 Å². The minimum atomic E-state index is -0.264. The van der Waals surface area contributed by atoms with Crippen molar-refractivity contribution in [1.82, 2.24) is 14.9 Å². The van der Waals surface area contributed by atoms with Crippen molar-refractivity contribution < 1.29 is 4.79 Å². The molecule has 1 fully saturated rings. The number of thioether (sulfide) groups is 1. The molecule has 1 amide bonds. The van der Waals surface area contributed by atoms with Gasteiger partial charge in [-0.05, 0) is 37.0 Å². The molecule has 4 rings (SSSR count). The Labute approximate surface area is 151 Å². The fourth-order valence-corrected chi connectivity index (χ4v) is 4.35. The molecule has 0 aliphatic carbocycles. The standard InChI is InChI=1S/C20H21N3OS/c24-19(23-13-7-2-8-14-23)18(15-9-3-1-4-10-15)25-20-21-16-11-5-6-12-17(16)22-20/h1,3-6,9-12,18H,2,7-8,13-14H2,(H,21,22). The van der Waals surface area contributed by atoms with Gasteiger partial charge in [0.15, 0.2) is 5.16 Å². The fraction of sp³-hybridized carbons (Fsp3) is 0.300. The summed E-state index contributed by atoms with van der Waals surface area (Å²) in [6.07, 6.45) is 3.42. The summed E-state index contributed by atoms with van der Waals surface area (Å²) in [6, 6.07) is 18.0. The number of hydrogen-bond donors (Lipinski definition) is 1. The summed E-state index contributed by atoms with van der Waals surface area (Å²) < 4.78 is 0. The number of para-hydroxylation sites is 2. The van der Waals surface area contributed by atoms with Gasteiger partial charge in [0.2, 0.25) is 5.91 Å². The van der Waals surface area contributed by atoms with Crippen molar-refractivity contribution in [1.29, 1.82) is 0 Å². The highest BCUT2D eigenvalue weighted by atomic mass is 32.2. The minimum absolute atomic E-state index is 0.191. The van der Waals surface area contributed by atoms with Crippen molar-refractivity contribution in [2.45, 2.75) is 29.7 Å². The number of rotatable bonds is 4. The number of aromatic amines is 1. The molecule has 1 unspecified atom stereocenters. The first kappa shape index (κ1) is 16.2. The van der Waals surface area contributed by atoms with Crippen LogP contribution in [0.3, 0.4) is 0 Å². The van der Waals surface area contributed by atoms with Gasteiger partial charge in [-0.3, -0.25) is 4.79 Å². The van der Waals surface area contributed by atoms with Crippen LogP contribution >= 0.6 is 11.8 Å². The smallest absolute Gasteiger partial charge is 0.240 e. The van der Waals surface area contributed by atoms with E-state index in [-0.39, 0.29) is 11.2 Å². The lowest BCUT2D eigenvalue weighted by atomic mass is 10.1. The molecule has 1 aliphatic heterocycles. The Morgan fingerprint density at radius 3 is 2.48 bits per heavy atom. The molecule has 4 nitrogen and oxygen atoms in total. The predicted molar refractivity (Wildman–Crippen MR) is 102 cm³/mol. The van der Waals surface area contributed by atoms with E-state index in [0.29, 0.717) is 0 Å². The van der Waals surface area contributed by atoms with E-state index >= 15 is 0 Å². The molecule has 1 aromatic heterocycles. The average Bonchev–Trinajstić information content (AvgIpc) is 3.09. The average molecular weight is 351 g/mol. The van der Waals surface area contributed by atoms with Crippen molar-refractivity contribution >= 4 is 28.7 Å². The molecule has 25 heavy (non-hydrogen) atoms. The van der Waals surface area contributed by atoms with Gasteiger partial charge < -0.3 is 9.88 Å². The zero-order chi connectivity index (χ0) is 17.1. The molecule has 1 atom stereocenters. The Bertz CT molecular complexity index is 823. The number of aromatic nitrogens is 2. The van der Waals surface area contributed by atoms with Crippen molar-refractivity contribution in [2.75, 3.05) is 13.1 Å². The number of carbonyl (C=O) groups excluding carboxylic acids is 1. The lowest BCUT2D eigenvalue weighted by molar-refractivity contribution is -0.131. The van der Waals surface area contributed by atoms with Crippen LogP contribution in [0.5, 0.6) is 0 Å². The molecule has 2 aromatic carbocycles. The lowest BCUT2D eigenvalue weighted by Gasteiger charge is -2.30. The van der Waals surface area contributed by atoms with Gasteiger partial charge in [-0.25, -0.2) is 4.98 Å². The van der Waals surface area contributed by atoms with Crippen LogP contribution in [0.15, 0.2) is 59.8 Å².